The fourth-order valence-corrected chi connectivity index (χ4v) is 3.86. The number of hydrogen-bond donors (Lipinski definition) is 0. The molecule has 3 rings (SSSR count). The Bertz CT molecular complexity index is 437. The van der Waals surface area contributed by atoms with Crippen LogP contribution in [0.15, 0.2) is 40.8 Å². The van der Waals surface area contributed by atoms with Gasteiger partial charge in [-0.25, -0.2) is 0 Å². The standard InChI is InChI=1S/C14H14OS/c15-12-6-5-10(7-12)8-13-9-11-3-1-2-4-14(11)16-13/h1-4,7,13H,5-6,8-9H2. The Morgan fingerprint density at radius 2 is 2.12 bits per heavy atom. The maximum atomic E-state index is 11.2. The predicted octanol–water partition coefficient (Wildman–Crippen LogP) is 3.38. The Hall–Kier alpha value is -1.02. The molecule has 0 spiro atoms. The maximum absolute atomic E-state index is 11.2. The molecule has 2 aliphatic rings. The molecule has 1 aliphatic carbocycles. The number of allylic oxidation sites excluding steroid dienone is 2. The van der Waals surface area contributed by atoms with E-state index in [1.807, 2.05) is 17.8 Å². The minimum atomic E-state index is 0.315. The van der Waals surface area contributed by atoms with Crippen molar-refractivity contribution in [2.45, 2.75) is 35.8 Å². The Kier molecular flexibility index (Phi) is 2.60. The zero-order valence-corrected chi connectivity index (χ0v) is 9.93. The van der Waals surface area contributed by atoms with Gasteiger partial charge in [-0.2, -0.15) is 0 Å². The summed E-state index contributed by atoms with van der Waals surface area (Å²) in [6.45, 7) is 0. The molecule has 1 atom stereocenters. The summed E-state index contributed by atoms with van der Waals surface area (Å²) in [7, 11) is 0. The Morgan fingerprint density at radius 1 is 1.25 bits per heavy atom. The molecule has 0 saturated carbocycles. The summed E-state index contributed by atoms with van der Waals surface area (Å²) in [5.41, 5.74) is 2.83. The SMILES string of the molecule is O=C1C=C(CC2Cc3ccccc3S2)CC1. The lowest BCUT2D eigenvalue weighted by atomic mass is 10.0. The van der Waals surface area contributed by atoms with Gasteiger partial charge >= 0.3 is 0 Å². The van der Waals surface area contributed by atoms with Gasteiger partial charge in [0.2, 0.25) is 0 Å². The first-order valence-electron chi connectivity index (χ1n) is 5.78. The topological polar surface area (TPSA) is 17.1 Å². The number of benzene rings is 1. The lowest BCUT2D eigenvalue weighted by molar-refractivity contribution is -0.114. The van der Waals surface area contributed by atoms with E-state index in [0.717, 1.165) is 25.7 Å². The lowest BCUT2D eigenvalue weighted by Gasteiger charge is -2.08. The molecule has 1 aromatic rings. The van der Waals surface area contributed by atoms with Crippen molar-refractivity contribution < 1.29 is 4.79 Å². The van der Waals surface area contributed by atoms with Gasteiger partial charge < -0.3 is 0 Å². The summed E-state index contributed by atoms with van der Waals surface area (Å²) in [6, 6.07) is 8.64. The summed E-state index contributed by atoms with van der Waals surface area (Å²) in [5.74, 6) is 0.315. The minimum Gasteiger partial charge on any atom is -0.295 e. The molecule has 0 aromatic heterocycles. The average Bonchev–Trinajstić information content (AvgIpc) is 2.84. The fourth-order valence-electron chi connectivity index (χ4n) is 2.48. The van der Waals surface area contributed by atoms with Gasteiger partial charge in [0.15, 0.2) is 5.78 Å². The van der Waals surface area contributed by atoms with E-state index in [2.05, 4.69) is 24.3 Å². The summed E-state index contributed by atoms with van der Waals surface area (Å²) in [4.78, 5) is 12.6. The van der Waals surface area contributed by atoms with Gasteiger partial charge in [-0.05, 0) is 37.0 Å². The number of rotatable bonds is 2. The van der Waals surface area contributed by atoms with E-state index in [1.165, 1.54) is 16.0 Å². The van der Waals surface area contributed by atoms with Gasteiger partial charge in [-0.15, -0.1) is 11.8 Å². The molecule has 0 bridgehead atoms. The molecule has 2 heteroatoms. The highest BCUT2D eigenvalue weighted by atomic mass is 32.2. The molecule has 1 nitrogen and oxygen atoms in total. The quantitative estimate of drug-likeness (QED) is 0.774. The van der Waals surface area contributed by atoms with Gasteiger partial charge in [0, 0.05) is 16.6 Å². The third kappa shape index (κ3) is 1.94. The van der Waals surface area contributed by atoms with Crippen molar-refractivity contribution in [2.75, 3.05) is 0 Å². The number of carbonyl (C=O) groups is 1. The highest BCUT2D eigenvalue weighted by Crippen LogP contribution is 2.40. The first-order valence-corrected chi connectivity index (χ1v) is 6.66. The molecule has 82 valence electrons. The van der Waals surface area contributed by atoms with E-state index in [4.69, 9.17) is 0 Å². The van der Waals surface area contributed by atoms with Crippen molar-refractivity contribution in [3.63, 3.8) is 0 Å². The van der Waals surface area contributed by atoms with Crippen LogP contribution in [0.5, 0.6) is 0 Å². The van der Waals surface area contributed by atoms with E-state index in [1.54, 1.807) is 0 Å². The summed E-state index contributed by atoms with van der Waals surface area (Å²) < 4.78 is 0. The van der Waals surface area contributed by atoms with Crippen LogP contribution in [0.3, 0.4) is 0 Å². The van der Waals surface area contributed by atoms with Crippen LogP contribution in [-0.4, -0.2) is 11.0 Å². The predicted molar refractivity (Wildman–Crippen MR) is 66.7 cm³/mol. The second-order valence-corrected chi connectivity index (χ2v) is 5.87. The largest absolute Gasteiger partial charge is 0.295 e. The zero-order valence-electron chi connectivity index (χ0n) is 9.11. The maximum Gasteiger partial charge on any atom is 0.155 e. The van der Waals surface area contributed by atoms with Gasteiger partial charge in [0.1, 0.15) is 0 Å². The molecule has 0 N–H and O–H groups in total. The van der Waals surface area contributed by atoms with Crippen LogP contribution in [0, 0.1) is 0 Å². The second-order valence-electron chi connectivity index (χ2n) is 4.52. The lowest BCUT2D eigenvalue weighted by Crippen LogP contribution is -2.01. The molecule has 0 fully saturated rings. The van der Waals surface area contributed by atoms with E-state index in [-0.39, 0.29) is 0 Å². The van der Waals surface area contributed by atoms with Crippen molar-refractivity contribution >= 4 is 17.5 Å². The normalized spacial score (nSPS) is 23.4. The molecular formula is C14H14OS. The number of carbonyl (C=O) groups excluding carboxylic acids is 1. The summed E-state index contributed by atoms with van der Waals surface area (Å²) in [5, 5.41) is 0.648. The van der Waals surface area contributed by atoms with Gasteiger partial charge in [0.05, 0.1) is 0 Å². The van der Waals surface area contributed by atoms with Crippen molar-refractivity contribution in [1.29, 1.82) is 0 Å². The summed E-state index contributed by atoms with van der Waals surface area (Å²) in [6.07, 6.45) is 5.84. The van der Waals surface area contributed by atoms with E-state index in [9.17, 15) is 4.79 Å². The van der Waals surface area contributed by atoms with Crippen LogP contribution in [0.1, 0.15) is 24.8 Å². The molecule has 0 radical (unpaired) electrons. The molecule has 1 aromatic carbocycles. The third-order valence-electron chi connectivity index (χ3n) is 3.26. The molecule has 1 heterocycles. The van der Waals surface area contributed by atoms with Gasteiger partial charge in [-0.3, -0.25) is 4.79 Å². The second kappa shape index (κ2) is 4.10. The van der Waals surface area contributed by atoms with Gasteiger partial charge in [0.25, 0.3) is 0 Å². The monoisotopic (exact) mass is 230 g/mol. The van der Waals surface area contributed by atoms with Crippen LogP contribution in [0.4, 0.5) is 0 Å². The molecule has 1 unspecified atom stereocenters. The molecular weight excluding hydrogens is 216 g/mol. The van der Waals surface area contributed by atoms with Crippen LogP contribution in [0.2, 0.25) is 0 Å². The van der Waals surface area contributed by atoms with Gasteiger partial charge in [-0.1, -0.05) is 23.8 Å². The third-order valence-corrected chi connectivity index (χ3v) is 4.58. The molecule has 1 aliphatic heterocycles. The van der Waals surface area contributed by atoms with E-state index < -0.39 is 0 Å². The Balaban J connectivity index is 1.68. The average molecular weight is 230 g/mol. The number of ketones is 1. The number of thioether (sulfide) groups is 1. The highest BCUT2D eigenvalue weighted by Gasteiger charge is 2.24. The van der Waals surface area contributed by atoms with E-state index in [0.29, 0.717) is 11.0 Å². The first kappa shape index (κ1) is 10.2. The van der Waals surface area contributed by atoms with Crippen molar-refractivity contribution in [2.24, 2.45) is 0 Å². The Labute approximate surface area is 99.9 Å². The number of fused-ring (bicyclic) bond motifs is 1. The summed E-state index contributed by atoms with van der Waals surface area (Å²) >= 11 is 1.97. The molecule has 16 heavy (non-hydrogen) atoms. The molecule has 0 saturated heterocycles. The number of hydrogen-bond acceptors (Lipinski definition) is 2. The van der Waals surface area contributed by atoms with Crippen LogP contribution >= 0.6 is 11.8 Å². The van der Waals surface area contributed by atoms with Crippen molar-refractivity contribution in [3.8, 4) is 0 Å². The van der Waals surface area contributed by atoms with E-state index >= 15 is 0 Å². The van der Waals surface area contributed by atoms with Crippen molar-refractivity contribution in [3.05, 3.63) is 41.5 Å². The smallest absolute Gasteiger partial charge is 0.155 e. The highest BCUT2D eigenvalue weighted by molar-refractivity contribution is 8.00. The van der Waals surface area contributed by atoms with Crippen LogP contribution in [-0.2, 0) is 11.2 Å². The Morgan fingerprint density at radius 3 is 2.88 bits per heavy atom. The molecule has 0 amide bonds. The van der Waals surface area contributed by atoms with Crippen LogP contribution in [0.25, 0.3) is 0 Å². The minimum absolute atomic E-state index is 0.315. The zero-order chi connectivity index (χ0) is 11.0. The van der Waals surface area contributed by atoms with Crippen LogP contribution < -0.4 is 0 Å². The van der Waals surface area contributed by atoms with Crippen molar-refractivity contribution in [1.82, 2.24) is 0 Å². The first-order chi connectivity index (χ1) is 7.81. The fraction of sp³-hybridized carbons (Fsp3) is 0.357.